The fourth-order valence-electron chi connectivity index (χ4n) is 8.57. The fraction of sp³-hybridized carbons (Fsp3) is 0.232. The molecule has 9 aromatic rings. The van der Waals surface area contributed by atoms with Crippen LogP contribution in [0.5, 0.6) is 11.5 Å². The van der Waals surface area contributed by atoms with Crippen LogP contribution >= 0.6 is 0 Å². The molecule has 9 aromatic carbocycles. The third kappa shape index (κ3) is 32.4. The Labute approximate surface area is 654 Å². The Hall–Kier alpha value is -9.43. The van der Waals surface area contributed by atoms with E-state index in [1.807, 2.05) is 0 Å². The fourth-order valence-corrected chi connectivity index (χ4v) is 15.4. The van der Waals surface area contributed by atoms with Gasteiger partial charge in [-0.2, -0.15) is 26.3 Å². The Morgan fingerprint density at radius 2 is 0.550 bits per heavy atom. The van der Waals surface area contributed by atoms with Crippen molar-refractivity contribution in [2.24, 2.45) is 0 Å². The number of carbonyl (C=O) groups excluding carboxylic acids is 3. The van der Waals surface area contributed by atoms with Gasteiger partial charge in [-0.1, -0.05) is 162 Å². The summed E-state index contributed by atoms with van der Waals surface area (Å²) in [6.07, 6.45) is 1.13. The lowest BCUT2D eigenvalue weighted by molar-refractivity contribution is -0.145. The standard InChI is InChI=1S/2C22H23OS.C22H23S.C6H8F2O5S.2C5H6F2O5S/c2*1-22(2,3)23-18-14-16-21(17-15-18)24(19-10-6-4-7-11-19)20-12-8-5-9-13-20;1-22(2,3)18-14-16-21(17-15-18)23(19-10-6-4-7-11-19)20-12-8-5-9-13-20;1-4(2)5(9)13-3-6(7,8)14(10,11)12;2*1-2-4(8)12-3-5(6,7)13(9,10)11/h2*4-17H,1-3H3;4-17H,1-3H3;1,3H2,2H3,(H,10,11,12);2*2H,1,3H2,(H,9,10,11)/q3*+1;;;/p-3. The van der Waals surface area contributed by atoms with Gasteiger partial charge in [-0.05, 0) is 193 Å². The van der Waals surface area contributed by atoms with E-state index in [2.05, 4.69) is 351 Å². The summed E-state index contributed by atoms with van der Waals surface area (Å²) in [7, 11) is -17.7. The van der Waals surface area contributed by atoms with Gasteiger partial charge in [-0.25, -0.2) is 39.6 Å². The lowest BCUT2D eigenvalue weighted by Crippen LogP contribution is -2.34. The summed E-state index contributed by atoms with van der Waals surface area (Å²) in [5.74, 6) is -1.83. The van der Waals surface area contributed by atoms with Crippen molar-refractivity contribution < 1.29 is 103 Å². The van der Waals surface area contributed by atoms with Gasteiger partial charge in [0, 0.05) is 17.7 Å². The van der Waals surface area contributed by atoms with Gasteiger partial charge in [-0.3, -0.25) is 0 Å². The maximum atomic E-state index is 12.3. The first-order valence-corrected chi connectivity index (χ1v) is 41.1. The molecule has 29 heteroatoms. The summed E-state index contributed by atoms with van der Waals surface area (Å²) >= 11 is 0. The van der Waals surface area contributed by atoms with Gasteiger partial charge in [0.2, 0.25) is 0 Å². The molecule has 0 saturated heterocycles. The van der Waals surface area contributed by atoms with E-state index in [1.54, 1.807) is 0 Å². The zero-order chi connectivity index (χ0) is 83.2. The third-order valence-corrected chi connectivity index (χ3v) is 23.0. The summed E-state index contributed by atoms with van der Waals surface area (Å²) in [5.41, 5.74) is 1.04. The minimum absolute atomic E-state index is 0.0497. The molecule has 0 fully saturated rings. The predicted octanol–water partition coefficient (Wildman–Crippen LogP) is 17.9. The highest BCUT2D eigenvalue weighted by molar-refractivity contribution is 7.97. The van der Waals surface area contributed by atoms with Crippen molar-refractivity contribution in [3.05, 3.63) is 298 Å². The largest absolute Gasteiger partial charge is 0.743 e. The number of benzene rings is 9. The molecule has 0 heterocycles. The lowest BCUT2D eigenvalue weighted by Gasteiger charge is -2.21. The molecule has 0 radical (unpaired) electrons. The van der Waals surface area contributed by atoms with Crippen molar-refractivity contribution in [1.29, 1.82) is 0 Å². The molecule has 0 amide bonds. The monoisotopic (exact) mass is 1650 g/mol. The summed E-state index contributed by atoms with van der Waals surface area (Å²) in [4.78, 5) is 43.0. The van der Waals surface area contributed by atoms with Gasteiger partial charge in [0.25, 0.3) is 0 Å². The van der Waals surface area contributed by atoms with Gasteiger partial charge in [0.1, 0.15) is 22.7 Å². The van der Waals surface area contributed by atoms with Crippen molar-refractivity contribution in [3.8, 4) is 11.5 Å². The van der Waals surface area contributed by atoms with E-state index >= 15 is 0 Å². The SMILES string of the molecule is C=C(C)C(=O)OCC(F)(F)S(=O)(=O)[O-].C=CC(=O)OCC(F)(F)S(=O)(=O)[O-].C=CC(=O)OCC(F)(F)S(=O)(=O)[O-].CC(C)(C)Oc1ccc([S+](c2ccccc2)c2ccccc2)cc1.CC(C)(C)Oc1ccc([S+](c2ccccc2)c2ccccc2)cc1.CC(C)(C)c1ccc([S+](c2ccccc2)c2ccccc2)cc1. The number of ether oxygens (including phenoxy) is 5. The molecule has 111 heavy (non-hydrogen) atoms. The number of alkyl halides is 6. The van der Waals surface area contributed by atoms with Crippen LogP contribution in [0.3, 0.4) is 0 Å². The molecule has 0 unspecified atom stereocenters. The van der Waals surface area contributed by atoms with Gasteiger partial charge in [0.15, 0.2) is 94.2 Å². The topological polar surface area (TPSA) is 269 Å². The summed E-state index contributed by atoms with van der Waals surface area (Å²) in [6, 6.07) is 90.5. The lowest BCUT2D eigenvalue weighted by atomic mass is 9.87. The highest BCUT2D eigenvalue weighted by Gasteiger charge is 2.41. The third-order valence-electron chi connectivity index (χ3n) is 13.7. The molecular weight excluding hydrogens is 1560 g/mol. The number of esters is 3. The smallest absolute Gasteiger partial charge is 0.367 e. The summed E-state index contributed by atoms with van der Waals surface area (Å²) in [6.45, 7) is 23.8. The molecule has 0 N–H and O–H groups in total. The average molecular weight is 1650 g/mol. The summed E-state index contributed by atoms with van der Waals surface area (Å²) < 4.78 is 185. The Balaban J connectivity index is 0.000000287. The molecule has 0 saturated carbocycles. The Bertz CT molecular complexity index is 4450. The van der Waals surface area contributed by atoms with Crippen molar-refractivity contribution in [3.63, 3.8) is 0 Å². The maximum absolute atomic E-state index is 12.3. The molecule has 0 aromatic heterocycles. The van der Waals surface area contributed by atoms with E-state index < -0.39 is 83.8 Å². The van der Waals surface area contributed by atoms with Crippen LogP contribution in [-0.4, -0.2) is 104 Å². The van der Waals surface area contributed by atoms with Crippen LogP contribution in [0.2, 0.25) is 0 Å². The van der Waals surface area contributed by atoms with Gasteiger partial charge in [-0.15, -0.1) is 0 Å². The van der Waals surface area contributed by atoms with Crippen molar-refractivity contribution in [1.82, 2.24) is 0 Å². The Morgan fingerprint density at radius 3 is 0.730 bits per heavy atom. The number of hydrogen-bond donors (Lipinski definition) is 0. The molecule has 17 nitrogen and oxygen atoms in total. The minimum atomic E-state index is -5.81. The molecule has 0 aliphatic heterocycles. The second kappa shape index (κ2) is 42.3. The van der Waals surface area contributed by atoms with Crippen LogP contribution in [-0.2, 0) is 97.0 Å². The second-order valence-electron chi connectivity index (χ2n) is 26.2. The highest BCUT2D eigenvalue weighted by atomic mass is 32.2. The maximum Gasteiger partial charge on any atom is 0.367 e. The molecule has 0 spiro atoms. The molecule has 0 aliphatic carbocycles. The van der Waals surface area contributed by atoms with Crippen LogP contribution in [0.15, 0.2) is 336 Å². The van der Waals surface area contributed by atoms with Crippen LogP contribution in [0.25, 0.3) is 0 Å². The van der Waals surface area contributed by atoms with Crippen molar-refractivity contribution >= 4 is 80.9 Å². The molecule has 9 rings (SSSR count). The van der Waals surface area contributed by atoms with E-state index in [4.69, 9.17) is 9.47 Å². The van der Waals surface area contributed by atoms with Gasteiger partial charge in [0.05, 0.1) is 32.7 Å². The average Bonchev–Trinajstić information content (AvgIpc) is 0.813. The van der Waals surface area contributed by atoms with E-state index in [1.165, 1.54) is 56.5 Å². The molecule has 0 aliphatic rings. The van der Waals surface area contributed by atoms with E-state index in [9.17, 15) is 79.6 Å². The Morgan fingerprint density at radius 1 is 0.351 bits per heavy atom. The molecule has 0 atom stereocenters. The van der Waals surface area contributed by atoms with Crippen molar-refractivity contribution in [2.45, 2.75) is 146 Å². The van der Waals surface area contributed by atoms with E-state index in [0.29, 0.717) is 12.2 Å². The van der Waals surface area contributed by atoms with E-state index in [-0.39, 0.29) is 54.9 Å². The molecular formula is C82H86F6O17S6. The highest BCUT2D eigenvalue weighted by Crippen LogP contribution is 2.36. The zero-order valence-electron chi connectivity index (χ0n) is 62.3. The normalized spacial score (nSPS) is 11.8. The zero-order valence-corrected chi connectivity index (χ0v) is 67.2. The first-order chi connectivity index (χ1) is 51.6. The first kappa shape index (κ1) is 93.9. The van der Waals surface area contributed by atoms with Crippen molar-refractivity contribution in [2.75, 3.05) is 19.8 Å². The second-order valence-corrected chi connectivity index (χ2v) is 36.8. The van der Waals surface area contributed by atoms with Crippen LogP contribution in [0, 0.1) is 0 Å². The minimum Gasteiger partial charge on any atom is -0.743 e. The molecule has 0 bridgehead atoms. The number of rotatable bonds is 23. The number of carbonyl (C=O) groups is 3. The van der Waals surface area contributed by atoms with E-state index in [0.717, 1.165) is 11.5 Å². The van der Waals surface area contributed by atoms with Crippen LogP contribution in [0.1, 0.15) is 74.8 Å². The van der Waals surface area contributed by atoms with Crippen LogP contribution < -0.4 is 9.47 Å². The number of hydrogen-bond acceptors (Lipinski definition) is 17. The summed E-state index contributed by atoms with van der Waals surface area (Å²) in [5, 5.41) is -13.8. The quantitative estimate of drug-likeness (QED) is 0.0144. The predicted molar refractivity (Wildman–Crippen MR) is 416 cm³/mol. The Kier molecular flexibility index (Phi) is 35.8. The van der Waals surface area contributed by atoms with Gasteiger partial charge < -0.3 is 37.3 Å². The molecule has 594 valence electrons. The number of halogens is 6. The van der Waals surface area contributed by atoms with Gasteiger partial charge >= 0.3 is 33.7 Å². The van der Waals surface area contributed by atoms with Crippen LogP contribution in [0.4, 0.5) is 26.3 Å². The first-order valence-electron chi connectivity index (χ1n) is 33.2.